The van der Waals surface area contributed by atoms with Crippen molar-refractivity contribution >= 4 is 34.9 Å². The molecule has 20 heavy (non-hydrogen) atoms. The van der Waals surface area contributed by atoms with Gasteiger partial charge in [0, 0.05) is 12.6 Å². The van der Waals surface area contributed by atoms with Gasteiger partial charge in [-0.15, -0.1) is 0 Å². The highest BCUT2D eigenvalue weighted by Crippen LogP contribution is 2.39. The van der Waals surface area contributed by atoms with Gasteiger partial charge in [-0.2, -0.15) is 0 Å². The van der Waals surface area contributed by atoms with E-state index in [1.54, 1.807) is 0 Å². The molecule has 1 saturated carbocycles. The maximum atomic E-state index is 12.5. The van der Waals surface area contributed by atoms with E-state index in [2.05, 4.69) is 22.2 Å². The second-order valence-electron chi connectivity index (χ2n) is 5.47. The Balaban J connectivity index is 2.13. The lowest BCUT2D eigenvalue weighted by Gasteiger charge is -2.36. The van der Waals surface area contributed by atoms with Crippen molar-refractivity contribution in [2.24, 2.45) is 17.1 Å². The number of rotatable bonds is 3. The second-order valence-corrected chi connectivity index (χ2v) is 6.19. The summed E-state index contributed by atoms with van der Waals surface area (Å²) in [5.41, 5.74) is 5.33. The van der Waals surface area contributed by atoms with Gasteiger partial charge in [0.25, 0.3) is 0 Å². The van der Waals surface area contributed by atoms with E-state index >= 15 is 0 Å². The number of nitrogens with one attached hydrogen (secondary N) is 1. The van der Waals surface area contributed by atoms with E-state index in [0.717, 1.165) is 25.7 Å². The number of hydrogen-bond acceptors (Lipinski definition) is 4. The van der Waals surface area contributed by atoms with Crippen molar-refractivity contribution in [3.8, 4) is 0 Å². The van der Waals surface area contributed by atoms with Crippen LogP contribution in [-0.4, -0.2) is 22.4 Å². The van der Waals surface area contributed by atoms with Crippen LogP contribution in [0.4, 0.5) is 5.82 Å². The molecule has 5 nitrogen and oxygen atoms in total. The van der Waals surface area contributed by atoms with Crippen molar-refractivity contribution in [1.29, 1.82) is 0 Å². The molecular weight excluding hydrogens is 299 g/mol. The number of amides is 1. The number of carbonyl (C=O) groups is 1. The van der Waals surface area contributed by atoms with Gasteiger partial charge in [-0.3, -0.25) is 4.79 Å². The lowest BCUT2D eigenvalue weighted by atomic mass is 9.70. The topological polar surface area (TPSA) is 80.9 Å². The van der Waals surface area contributed by atoms with Crippen LogP contribution in [0.3, 0.4) is 0 Å². The van der Waals surface area contributed by atoms with E-state index in [-0.39, 0.29) is 16.3 Å². The van der Waals surface area contributed by atoms with E-state index in [4.69, 9.17) is 28.9 Å². The van der Waals surface area contributed by atoms with Gasteiger partial charge < -0.3 is 11.1 Å². The summed E-state index contributed by atoms with van der Waals surface area (Å²) in [6, 6.07) is 1.47. The van der Waals surface area contributed by atoms with Gasteiger partial charge in [-0.05, 0) is 43.2 Å². The first-order valence-corrected chi connectivity index (χ1v) is 7.42. The Morgan fingerprint density at radius 1 is 1.45 bits per heavy atom. The van der Waals surface area contributed by atoms with Crippen LogP contribution < -0.4 is 11.1 Å². The van der Waals surface area contributed by atoms with Crippen LogP contribution in [-0.2, 0) is 4.79 Å². The fraction of sp³-hybridized carbons (Fsp3) is 0.615. The third-order valence-electron chi connectivity index (χ3n) is 4.01. The number of carbonyl (C=O) groups excluding carboxylic acids is 1. The molecule has 7 heteroatoms. The third-order valence-corrected chi connectivity index (χ3v) is 4.38. The van der Waals surface area contributed by atoms with Crippen LogP contribution in [0.5, 0.6) is 0 Å². The Labute approximate surface area is 128 Å². The first-order valence-electron chi connectivity index (χ1n) is 6.67. The first kappa shape index (κ1) is 15.5. The summed E-state index contributed by atoms with van der Waals surface area (Å²) in [4.78, 5) is 20.2. The molecule has 0 spiro atoms. The molecule has 1 amide bonds. The molecule has 0 unspecified atom stereocenters. The van der Waals surface area contributed by atoms with Crippen molar-refractivity contribution in [2.75, 3.05) is 11.9 Å². The summed E-state index contributed by atoms with van der Waals surface area (Å²) in [6.07, 6.45) is 3.61. The van der Waals surface area contributed by atoms with E-state index in [0.29, 0.717) is 18.3 Å². The molecule has 3 N–H and O–H groups in total. The third kappa shape index (κ3) is 3.40. The quantitative estimate of drug-likeness (QED) is 0.663. The number of anilines is 1. The molecule has 1 aromatic rings. The standard InChI is InChI=1S/C13H18Cl2N4O/c1-8-2-4-13(7-16,5-3-8)11(20)18-10-6-9(14)17-12(15)19-10/h6,8H,2-5,7,16H2,1H3,(H,17,18,19,20). The minimum absolute atomic E-state index is 0.00636. The van der Waals surface area contributed by atoms with Crippen molar-refractivity contribution < 1.29 is 4.79 Å². The Bertz CT molecular complexity index is 481. The molecule has 0 aromatic carbocycles. The molecule has 1 aliphatic rings. The maximum Gasteiger partial charge on any atom is 0.233 e. The van der Waals surface area contributed by atoms with Crippen LogP contribution in [0.1, 0.15) is 32.6 Å². The molecule has 0 aliphatic heterocycles. The molecule has 1 fully saturated rings. The summed E-state index contributed by atoms with van der Waals surface area (Å²) < 4.78 is 0. The molecule has 0 atom stereocenters. The predicted octanol–water partition coefficient (Wildman–Crippen LogP) is 2.88. The molecule has 110 valence electrons. The zero-order valence-corrected chi connectivity index (χ0v) is 12.8. The first-order chi connectivity index (χ1) is 9.45. The fourth-order valence-electron chi connectivity index (χ4n) is 2.54. The highest BCUT2D eigenvalue weighted by molar-refractivity contribution is 6.32. The Morgan fingerprint density at radius 3 is 2.65 bits per heavy atom. The fourth-order valence-corrected chi connectivity index (χ4v) is 2.95. The van der Waals surface area contributed by atoms with Crippen molar-refractivity contribution in [3.05, 3.63) is 16.5 Å². The summed E-state index contributed by atoms with van der Waals surface area (Å²) in [6.45, 7) is 2.53. The van der Waals surface area contributed by atoms with Gasteiger partial charge in [0.15, 0.2) is 0 Å². The molecule has 0 saturated heterocycles. The average Bonchev–Trinajstić information content (AvgIpc) is 2.38. The minimum Gasteiger partial charge on any atom is -0.329 e. The van der Waals surface area contributed by atoms with Crippen molar-refractivity contribution in [3.63, 3.8) is 0 Å². The maximum absolute atomic E-state index is 12.5. The van der Waals surface area contributed by atoms with Crippen molar-refractivity contribution in [2.45, 2.75) is 32.6 Å². The lowest BCUT2D eigenvalue weighted by molar-refractivity contribution is -0.127. The highest BCUT2D eigenvalue weighted by atomic mass is 35.5. The zero-order chi connectivity index (χ0) is 14.8. The largest absolute Gasteiger partial charge is 0.329 e. The van der Waals surface area contributed by atoms with Crippen molar-refractivity contribution in [1.82, 2.24) is 9.97 Å². The van der Waals surface area contributed by atoms with Gasteiger partial charge >= 0.3 is 0 Å². The lowest BCUT2D eigenvalue weighted by Crippen LogP contribution is -2.45. The number of nitrogens with two attached hydrogens (primary N) is 1. The second kappa shape index (κ2) is 6.24. The highest BCUT2D eigenvalue weighted by Gasteiger charge is 2.40. The number of aromatic nitrogens is 2. The number of nitrogens with zero attached hydrogens (tertiary/aromatic N) is 2. The number of hydrogen-bond donors (Lipinski definition) is 2. The summed E-state index contributed by atoms with van der Waals surface area (Å²) in [7, 11) is 0. The molecular formula is C13H18Cl2N4O. The van der Waals surface area contributed by atoms with Gasteiger partial charge in [0.05, 0.1) is 5.41 Å². The van der Waals surface area contributed by atoms with Gasteiger partial charge in [-0.1, -0.05) is 18.5 Å². The van der Waals surface area contributed by atoms with Crippen LogP contribution in [0.25, 0.3) is 0 Å². The summed E-state index contributed by atoms with van der Waals surface area (Å²) in [5.74, 6) is 0.842. The van der Waals surface area contributed by atoms with Crippen LogP contribution >= 0.6 is 23.2 Å². The van der Waals surface area contributed by atoms with Gasteiger partial charge in [0.2, 0.25) is 11.2 Å². The van der Waals surface area contributed by atoms with Crippen LogP contribution in [0.15, 0.2) is 6.07 Å². The molecule has 0 radical (unpaired) electrons. The Morgan fingerprint density at radius 2 is 2.10 bits per heavy atom. The van der Waals surface area contributed by atoms with Gasteiger partial charge in [-0.25, -0.2) is 9.97 Å². The predicted molar refractivity (Wildman–Crippen MR) is 79.8 cm³/mol. The molecule has 1 heterocycles. The van der Waals surface area contributed by atoms with E-state index in [1.807, 2.05) is 0 Å². The Kier molecular flexibility index (Phi) is 4.83. The molecule has 2 rings (SSSR count). The molecule has 1 aromatic heterocycles. The minimum atomic E-state index is -0.517. The smallest absolute Gasteiger partial charge is 0.233 e. The number of halogens is 2. The monoisotopic (exact) mass is 316 g/mol. The summed E-state index contributed by atoms with van der Waals surface area (Å²) in [5, 5.41) is 2.96. The Hall–Kier alpha value is -0.910. The normalized spacial score (nSPS) is 26.3. The van der Waals surface area contributed by atoms with E-state index < -0.39 is 5.41 Å². The average molecular weight is 317 g/mol. The van der Waals surface area contributed by atoms with Gasteiger partial charge in [0.1, 0.15) is 11.0 Å². The van der Waals surface area contributed by atoms with Crippen LogP contribution in [0, 0.1) is 11.3 Å². The molecule has 0 bridgehead atoms. The SMILES string of the molecule is CC1CCC(CN)(C(=O)Nc2cc(Cl)nc(Cl)n2)CC1. The molecule has 1 aliphatic carbocycles. The van der Waals surface area contributed by atoms with E-state index in [9.17, 15) is 4.79 Å². The zero-order valence-electron chi connectivity index (χ0n) is 11.3. The van der Waals surface area contributed by atoms with E-state index in [1.165, 1.54) is 6.07 Å². The van der Waals surface area contributed by atoms with Crippen LogP contribution in [0.2, 0.25) is 10.4 Å². The summed E-state index contributed by atoms with van der Waals surface area (Å²) >= 11 is 11.5.